The third kappa shape index (κ3) is 2.43. The molecule has 4 rings (SSSR count). The molecule has 0 amide bonds. The van der Waals surface area contributed by atoms with Gasteiger partial charge >= 0.3 is 5.69 Å². The highest BCUT2D eigenvalue weighted by molar-refractivity contribution is 5.81. The predicted molar refractivity (Wildman–Crippen MR) is 107 cm³/mol. The van der Waals surface area contributed by atoms with Gasteiger partial charge in [-0.25, -0.2) is 9.36 Å². The van der Waals surface area contributed by atoms with E-state index in [4.69, 9.17) is 4.98 Å². The number of Topliss-reactive ketones (excluding diaryl/α,β-unsaturated/α-hetero) is 1. The Balaban J connectivity index is 2.12. The molecule has 0 aromatic carbocycles. The quantitative estimate of drug-likeness (QED) is 0.693. The number of aromatic nitrogens is 5. The van der Waals surface area contributed by atoms with Crippen LogP contribution in [0.4, 0.5) is 0 Å². The molecule has 1 saturated carbocycles. The normalized spacial score (nSPS) is 16.9. The molecule has 0 radical (unpaired) electrons. The molecule has 150 valence electrons. The molecule has 28 heavy (non-hydrogen) atoms. The minimum absolute atomic E-state index is 0.230. The van der Waals surface area contributed by atoms with Crippen LogP contribution in [-0.2, 0) is 11.8 Å². The van der Waals surface area contributed by atoms with Crippen LogP contribution in [0.3, 0.4) is 0 Å². The monoisotopic (exact) mass is 385 g/mol. The van der Waals surface area contributed by atoms with Gasteiger partial charge in [-0.2, -0.15) is 4.98 Å². The highest BCUT2D eigenvalue weighted by Crippen LogP contribution is 2.33. The minimum Gasteiger partial charge on any atom is -0.311 e. The number of fused-ring (bicyclic) bond motifs is 3. The maximum absolute atomic E-state index is 13.3. The van der Waals surface area contributed by atoms with Crippen LogP contribution in [0, 0.1) is 13.8 Å². The molecule has 0 bridgehead atoms. The molecule has 8 nitrogen and oxygen atoms in total. The molecular formula is C20H27N5O3. The Morgan fingerprint density at radius 1 is 1.11 bits per heavy atom. The van der Waals surface area contributed by atoms with Gasteiger partial charge in [0.25, 0.3) is 5.56 Å². The number of imidazole rings is 2. The second kappa shape index (κ2) is 6.46. The molecule has 1 unspecified atom stereocenters. The largest absolute Gasteiger partial charge is 0.333 e. The molecule has 3 aromatic heterocycles. The Hall–Kier alpha value is -2.64. The average Bonchev–Trinajstić information content (AvgIpc) is 3.16. The molecule has 0 N–H and O–H groups in total. The van der Waals surface area contributed by atoms with E-state index in [2.05, 4.69) is 11.5 Å². The van der Waals surface area contributed by atoms with E-state index in [0.29, 0.717) is 23.0 Å². The first-order chi connectivity index (χ1) is 13.3. The zero-order chi connectivity index (χ0) is 20.3. The number of rotatable bonds is 3. The minimum atomic E-state index is -0.817. The lowest BCUT2D eigenvalue weighted by atomic mass is 9.95. The third-order valence-electron chi connectivity index (χ3n) is 6.42. The van der Waals surface area contributed by atoms with Crippen LogP contribution in [0.2, 0.25) is 0 Å². The molecule has 3 heterocycles. The van der Waals surface area contributed by atoms with Gasteiger partial charge in [-0.3, -0.25) is 18.6 Å². The fourth-order valence-corrected chi connectivity index (χ4v) is 4.54. The summed E-state index contributed by atoms with van der Waals surface area (Å²) in [4.78, 5) is 42.7. The SMILES string of the molecule is CC(=O)C(C)n1c(=O)c2c(nc3n(C4CCCCC4)c(C)c(C)n23)n(C)c1=O. The van der Waals surface area contributed by atoms with Crippen molar-refractivity contribution < 1.29 is 4.79 Å². The van der Waals surface area contributed by atoms with E-state index < -0.39 is 17.3 Å². The Bertz CT molecular complexity index is 1220. The predicted octanol–water partition coefficient (Wildman–Crippen LogP) is 2.42. The molecule has 1 aliphatic rings. The first-order valence-electron chi connectivity index (χ1n) is 9.97. The van der Waals surface area contributed by atoms with Crippen molar-refractivity contribution in [1.82, 2.24) is 23.1 Å². The summed E-state index contributed by atoms with van der Waals surface area (Å²) in [6.07, 6.45) is 5.83. The number of ketones is 1. The van der Waals surface area contributed by atoms with Crippen LogP contribution in [0.1, 0.15) is 69.4 Å². The molecule has 0 aliphatic heterocycles. The maximum atomic E-state index is 13.3. The van der Waals surface area contributed by atoms with E-state index in [1.54, 1.807) is 14.0 Å². The van der Waals surface area contributed by atoms with Crippen molar-refractivity contribution in [2.24, 2.45) is 7.05 Å². The van der Waals surface area contributed by atoms with Gasteiger partial charge < -0.3 is 4.57 Å². The molecule has 1 fully saturated rings. The lowest BCUT2D eigenvalue weighted by Crippen LogP contribution is -2.42. The number of carbonyl (C=O) groups excluding carboxylic acids is 1. The van der Waals surface area contributed by atoms with E-state index in [0.717, 1.165) is 28.8 Å². The standard InChI is InChI=1S/C20H27N5O3/c1-11-12(2)24-16-17(21-19(24)23(11)15-9-7-6-8-10-15)22(5)20(28)25(18(16)27)13(3)14(4)26/h13,15H,6-10H2,1-5H3. The Morgan fingerprint density at radius 3 is 2.36 bits per heavy atom. The second-order valence-electron chi connectivity index (χ2n) is 8.06. The first kappa shape index (κ1) is 18.7. The number of nitrogens with zero attached hydrogens (tertiary/aromatic N) is 5. The lowest BCUT2D eigenvalue weighted by Gasteiger charge is -2.24. The lowest BCUT2D eigenvalue weighted by molar-refractivity contribution is -0.119. The van der Waals surface area contributed by atoms with E-state index >= 15 is 0 Å². The van der Waals surface area contributed by atoms with Crippen LogP contribution in [0.15, 0.2) is 9.59 Å². The van der Waals surface area contributed by atoms with E-state index in [9.17, 15) is 14.4 Å². The van der Waals surface area contributed by atoms with Gasteiger partial charge in [-0.05, 0) is 40.5 Å². The first-order valence-corrected chi connectivity index (χ1v) is 9.97. The fraction of sp³-hybridized carbons (Fsp3) is 0.600. The summed E-state index contributed by atoms with van der Waals surface area (Å²) in [7, 11) is 1.60. The number of aryl methyl sites for hydroxylation is 2. The fourth-order valence-electron chi connectivity index (χ4n) is 4.54. The van der Waals surface area contributed by atoms with Gasteiger partial charge in [0, 0.05) is 24.5 Å². The molecule has 3 aromatic rings. The Kier molecular flexibility index (Phi) is 4.32. The zero-order valence-corrected chi connectivity index (χ0v) is 17.2. The molecule has 8 heteroatoms. The highest BCUT2D eigenvalue weighted by Gasteiger charge is 2.28. The number of hydrogen-bond acceptors (Lipinski definition) is 4. The molecule has 0 saturated heterocycles. The molecule has 1 aliphatic carbocycles. The number of carbonyl (C=O) groups is 1. The third-order valence-corrected chi connectivity index (χ3v) is 6.42. The van der Waals surface area contributed by atoms with Crippen molar-refractivity contribution in [2.75, 3.05) is 0 Å². The summed E-state index contributed by atoms with van der Waals surface area (Å²) in [5.41, 5.74) is 1.79. The van der Waals surface area contributed by atoms with Gasteiger partial charge in [-0.15, -0.1) is 0 Å². The summed E-state index contributed by atoms with van der Waals surface area (Å²) in [5.74, 6) is 0.476. The Morgan fingerprint density at radius 2 is 1.75 bits per heavy atom. The summed E-state index contributed by atoms with van der Waals surface area (Å²) >= 11 is 0. The van der Waals surface area contributed by atoms with Crippen LogP contribution in [0.25, 0.3) is 16.9 Å². The van der Waals surface area contributed by atoms with Crippen molar-refractivity contribution in [2.45, 2.75) is 71.9 Å². The van der Waals surface area contributed by atoms with Gasteiger partial charge in [0.15, 0.2) is 16.9 Å². The molecule has 0 spiro atoms. The summed E-state index contributed by atoms with van der Waals surface area (Å²) < 4.78 is 6.52. The summed E-state index contributed by atoms with van der Waals surface area (Å²) in [5, 5.41) is 0. The topological polar surface area (TPSA) is 83.3 Å². The summed E-state index contributed by atoms with van der Waals surface area (Å²) in [6.45, 7) is 7.01. The average molecular weight is 385 g/mol. The number of hydrogen-bond donors (Lipinski definition) is 0. The van der Waals surface area contributed by atoms with Gasteiger partial charge in [0.05, 0.1) is 6.04 Å². The maximum Gasteiger partial charge on any atom is 0.333 e. The van der Waals surface area contributed by atoms with Crippen molar-refractivity contribution in [3.8, 4) is 0 Å². The molecule has 1 atom stereocenters. The van der Waals surface area contributed by atoms with Gasteiger partial charge in [-0.1, -0.05) is 19.3 Å². The van der Waals surface area contributed by atoms with Crippen LogP contribution >= 0.6 is 0 Å². The van der Waals surface area contributed by atoms with Crippen molar-refractivity contribution >= 4 is 22.7 Å². The smallest absolute Gasteiger partial charge is 0.311 e. The van der Waals surface area contributed by atoms with Crippen molar-refractivity contribution in [1.29, 1.82) is 0 Å². The van der Waals surface area contributed by atoms with Crippen LogP contribution in [-0.4, -0.2) is 28.9 Å². The molecular weight excluding hydrogens is 358 g/mol. The van der Waals surface area contributed by atoms with E-state index in [1.165, 1.54) is 30.8 Å². The van der Waals surface area contributed by atoms with Crippen LogP contribution in [0.5, 0.6) is 0 Å². The van der Waals surface area contributed by atoms with Crippen LogP contribution < -0.4 is 11.2 Å². The van der Waals surface area contributed by atoms with Crippen molar-refractivity contribution in [3.05, 3.63) is 32.2 Å². The zero-order valence-electron chi connectivity index (χ0n) is 17.2. The van der Waals surface area contributed by atoms with Gasteiger partial charge in [0.1, 0.15) is 0 Å². The van der Waals surface area contributed by atoms with E-state index in [1.807, 2.05) is 11.3 Å². The Labute approximate surface area is 162 Å². The summed E-state index contributed by atoms with van der Waals surface area (Å²) in [6, 6.07) is -0.458. The van der Waals surface area contributed by atoms with E-state index in [-0.39, 0.29) is 5.78 Å². The van der Waals surface area contributed by atoms with Crippen molar-refractivity contribution in [3.63, 3.8) is 0 Å². The second-order valence-corrected chi connectivity index (χ2v) is 8.06. The van der Waals surface area contributed by atoms with Gasteiger partial charge in [0.2, 0.25) is 5.78 Å². The highest BCUT2D eigenvalue weighted by atomic mass is 16.2.